The van der Waals surface area contributed by atoms with Crippen LogP contribution in [0.4, 0.5) is 0 Å². The van der Waals surface area contributed by atoms with E-state index in [9.17, 15) is 10.2 Å². The molecule has 0 saturated heterocycles. The van der Waals surface area contributed by atoms with Crippen LogP contribution >= 0.6 is 0 Å². The molecule has 0 aliphatic heterocycles. The SMILES string of the molecule is Oc1cccc(OCc2cc3cc(O)ccc3[nH]2)c1. The number of aromatic nitrogens is 1. The van der Waals surface area contributed by atoms with Gasteiger partial charge in [-0.25, -0.2) is 0 Å². The minimum absolute atomic E-state index is 0.180. The molecule has 0 aliphatic carbocycles. The zero-order valence-electron chi connectivity index (χ0n) is 10.1. The van der Waals surface area contributed by atoms with Crippen molar-refractivity contribution in [3.63, 3.8) is 0 Å². The lowest BCUT2D eigenvalue weighted by Gasteiger charge is -2.04. The van der Waals surface area contributed by atoms with Gasteiger partial charge >= 0.3 is 0 Å². The van der Waals surface area contributed by atoms with E-state index >= 15 is 0 Å². The van der Waals surface area contributed by atoms with Crippen LogP contribution in [0, 0.1) is 0 Å². The average Bonchev–Trinajstić information content (AvgIpc) is 2.78. The molecule has 0 bridgehead atoms. The van der Waals surface area contributed by atoms with Gasteiger partial charge in [-0.15, -0.1) is 0 Å². The van der Waals surface area contributed by atoms with Crippen molar-refractivity contribution >= 4 is 10.9 Å². The predicted molar refractivity (Wildman–Crippen MR) is 72.4 cm³/mol. The van der Waals surface area contributed by atoms with Gasteiger partial charge in [0.2, 0.25) is 0 Å². The van der Waals surface area contributed by atoms with Gasteiger partial charge in [-0.3, -0.25) is 0 Å². The number of benzene rings is 2. The minimum atomic E-state index is 0.180. The first-order valence-corrected chi connectivity index (χ1v) is 5.93. The van der Waals surface area contributed by atoms with Crippen LogP contribution in [0.25, 0.3) is 10.9 Å². The molecule has 0 unspecified atom stereocenters. The number of fused-ring (bicyclic) bond motifs is 1. The zero-order chi connectivity index (χ0) is 13.2. The van der Waals surface area contributed by atoms with Crippen LogP contribution in [0.1, 0.15) is 5.69 Å². The molecule has 0 atom stereocenters. The number of hydrogen-bond acceptors (Lipinski definition) is 3. The fourth-order valence-electron chi connectivity index (χ4n) is 1.99. The summed E-state index contributed by atoms with van der Waals surface area (Å²) >= 11 is 0. The monoisotopic (exact) mass is 255 g/mol. The maximum atomic E-state index is 9.41. The van der Waals surface area contributed by atoms with Crippen molar-refractivity contribution in [2.75, 3.05) is 0 Å². The first-order chi connectivity index (χ1) is 9.20. The van der Waals surface area contributed by atoms with Crippen LogP contribution in [0.5, 0.6) is 17.2 Å². The summed E-state index contributed by atoms with van der Waals surface area (Å²) in [6, 6.07) is 13.8. The first-order valence-electron chi connectivity index (χ1n) is 5.93. The molecule has 1 aromatic heterocycles. The third kappa shape index (κ3) is 2.47. The van der Waals surface area contributed by atoms with Gasteiger partial charge in [0, 0.05) is 17.0 Å². The Morgan fingerprint density at radius 1 is 0.947 bits per heavy atom. The number of hydrogen-bond donors (Lipinski definition) is 3. The average molecular weight is 255 g/mol. The summed E-state index contributed by atoms with van der Waals surface area (Å²) < 4.78 is 5.58. The van der Waals surface area contributed by atoms with Crippen LogP contribution in [0.15, 0.2) is 48.5 Å². The molecule has 0 aliphatic rings. The van der Waals surface area contributed by atoms with E-state index in [-0.39, 0.29) is 11.5 Å². The fraction of sp³-hybridized carbons (Fsp3) is 0.0667. The third-order valence-corrected chi connectivity index (χ3v) is 2.87. The molecule has 3 N–H and O–H groups in total. The molecule has 3 aromatic rings. The number of aromatic amines is 1. The number of nitrogens with one attached hydrogen (secondary N) is 1. The Labute approximate surface area is 109 Å². The number of rotatable bonds is 3. The molecule has 96 valence electrons. The van der Waals surface area contributed by atoms with Gasteiger partial charge in [-0.2, -0.15) is 0 Å². The summed E-state index contributed by atoms with van der Waals surface area (Å²) in [6.07, 6.45) is 0. The van der Waals surface area contributed by atoms with Crippen LogP contribution in [-0.4, -0.2) is 15.2 Å². The summed E-state index contributed by atoms with van der Waals surface area (Å²) in [7, 11) is 0. The summed E-state index contributed by atoms with van der Waals surface area (Å²) in [4.78, 5) is 3.21. The molecule has 3 rings (SSSR count). The molecule has 19 heavy (non-hydrogen) atoms. The smallest absolute Gasteiger partial charge is 0.128 e. The molecule has 4 heteroatoms. The molecule has 0 amide bonds. The summed E-state index contributed by atoms with van der Waals surface area (Å²) in [5.41, 5.74) is 1.86. The predicted octanol–water partition coefficient (Wildman–Crippen LogP) is 3.16. The summed E-state index contributed by atoms with van der Waals surface area (Å²) in [6.45, 7) is 0.374. The molecule has 0 saturated carbocycles. The zero-order valence-corrected chi connectivity index (χ0v) is 10.1. The second-order valence-corrected chi connectivity index (χ2v) is 4.35. The van der Waals surface area contributed by atoms with Crippen molar-refractivity contribution in [3.05, 3.63) is 54.2 Å². The van der Waals surface area contributed by atoms with Gasteiger partial charge in [0.15, 0.2) is 0 Å². The lowest BCUT2D eigenvalue weighted by Crippen LogP contribution is -1.94. The van der Waals surface area contributed by atoms with E-state index in [0.717, 1.165) is 16.6 Å². The van der Waals surface area contributed by atoms with Crippen molar-refractivity contribution < 1.29 is 14.9 Å². The van der Waals surface area contributed by atoms with Crippen molar-refractivity contribution in [3.8, 4) is 17.2 Å². The summed E-state index contributed by atoms with van der Waals surface area (Å²) in [5.74, 6) is 1.03. The molecule has 0 spiro atoms. The third-order valence-electron chi connectivity index (χ3n) is 2.87. The fourth-order valence-corrected chi connectivity index (χ4v) is 1.99. The Balaban J connectivity index is 1.78. The van der Waals surface area contributed by atoms with Crippen molar-refractivity contribution in [2.24, 2.45) is 0 Å². The lowest BCUT2D eigenvalue weighted by atomic mass is 10.2. The molecule has 2 aromatic carbocycles. The van der Waals surface area contributed by atoms with Crippen LogP contribution < -0.4 is 4.74 Å². The Bertz CT molecular complexity index is 718. The van der Waals surface area contributed by atoms with Gasteiger partial charge in [-0.05, 0) is 36.4 Å². The molecular weight excluding hydrogens is 242 g/mol. The highest BCUT2D eigenvalue weighted by Gasteiger charge is 2.03. The first kappa shape index (κ1) is 11.5. The molecule has 0 fully saturated rings. The number of H-pyrrole nitrogens is 1. The second-order valence-electron chi connectivity index (χ2n) is 4.35. The number of aromatic hydroxyl groups is 2. The number of phenolic OH excluding ortho intramolecular Hbond substituents is 2. The number of phenols is 2. The van der Waals surface area contributed by atoms with Crippen LogP contribution in [0.2, 0.25) is 0 Å². The van der Waals surface area contributed by atoms with Crippen molar-refractivity contribution in [2.45, 2.75) is 6.61 Å². The quantitative estimate of drug-likeness (QED) is 0.673. The molecule has 1 heterocycles. The van der Waals surface area contributed by atoms with E-state index in [0.29, 0.717) is 12.4 Å². The van der Waals surface area contributed by atoms with Gasteiger partial charge in [0.1, 0.15) is 23.9 Å². The molecule has 4 nitrogen and oxygen atoms in total. The van der Waals surface area contributed by atoms with E-state index in [1.54, 1.807) is 36.4 Å². The normalized spacial score (nSPS) is 10.7. The van der Waals surface area contributed by atoms with Gasteiger partial charge in [0.25, 0.3) is 0 Å². The Hall–Kier alpha value is -2.62. The van der Waals surface area contributed by atoms with Crippen LogP contribution in [-0.2, 0) is 6.61 Å². The molecule has 0 radical (unpaired) electrons. The lowest BCUT2D eigenvalue weighted by molar-refractivity contribution is 0.300. The number of ether oxygens (including phenoxy) is 1. The van der Waals surface area contributed by atoms with E-state index in [2.05, 4.69) is 4.98 Å². The van der Waals surface area contributed by atoms with Gasteiger partial charge < -0.3 is 19.9 Å². The Morgan fingerprint density at radius 3 is 2.63 bits per heavy atom. The second kappa shape index (κ2) is 4.57. The highest BCUT2D eigenvalue weighted by Crippen LogP contribution is 2.22. The Kier molecular flexibility index (Phi) is 2.76. The van der Waals surface area contributed by atoms with Crippen molar-refractivity contribution in [1.82, 2.24) is 4.98 Å². The van der Waals surface area contributed by atoms with Gasteiger partial charge in [0.05, 0.1) is 5.69 Å². The van der Waals surface area contributed by atoms with E-state index in [4.69, 9.17) is 4.74 Å². The van der Waals surface area contributed by atoms with E-state index in [1.165, 1.54) is 0 Å². The maximum Gasteiger partial charge on any atom is 0.128 e. The van der Waals surface area contributed by atoms with Crippen molar-refractivity contribution in [1.29, 1.82) is 0 Å². The largest absolute Gasteiger partial charge is 0.508 e. The van der Waals surface area contributed by atoms with Crippen LogP contribution in [0.3, 0.4) is 0 Å². The standard InChI is InChI=1S/C15H13NO3/c17-12-2-1-3-14(8-12)19-9-11-6-10-7-13(18)4-5-15(10)16-11/h1-8,16-18H,9H2. The van der Waals surface area contributed by atoms with E-state index < -0.39 is 0 Å². The highest BCUT2D eigenvalue weighted by molar-refractivity contribution is 5.81. The topological polar surface area (TPSA) is 65.5 Å². The minimum Gasteiger partial charge on any atom is -0.508 e. The highest BCUT2D eigenvalue weighted by atomic mass is 16.5. The molecular formula is C15H13NO3. The Morgan fingerprint density at radius 2 is 1.79 bits per heavy atom. The van der Waals surface area contributed by atoms with E-state index in [1.807, 2.05) is 12.1 Å². The van der Waals surface area contributed by atoms with Gasteiger partial charge in [-0.1, -0.05) is 6.07 Å². The summed E-state index contributed by atoms with van der Waals surface area (Å²) in [5, 5.41) is 19.7. The maximum absolute atomic E-state index is 9.41.